The lowest BCUT2D eigenvalue weighted by atomic mass is 10.1. The van der Waals surface area contributed by atoms with Crippen LogP contribution >= 0.6 is 12.4 Å². The Labute approximate surface area is 85.7 Å². The van der Waals surface area contributed by atoms with Crippen molar-refractivity contribution in [3.05, 3.63) is 35.4 Å². The molecule has 0 bridgehead atoms. The van der Waals surface area contributed by atoms with E-state index in [0.29, 0.717) is 12.1 Å². The van der Waals surface area contributed by atoms with Crippen LogP contribution in [0.3, 0.4) is 0 Å². The largest absolute Gasteiger partial charge is 0.407 e. The second-order valence-electron chi connectivity index (χ2n) is 3.05. The van der Waals surface area contributed by atoms with Crippen molar-refractivity contribution < 1.29 is 13.2 Å². The van der Waals surface area contributed by atoms with Gasteiger partial charge in [-0.2, -0.15) is 13.2 Å². The molecule has 1 aromatic carbocycles. The summed E-state index contributed by atoms with van der Waals surface area (Å²) in [7, 11) is 0. The first-order valence-corrected chi connectivity index (χ1v) is 3.97. The number of hydrogen-bond donors (Lipinski definition) is 1. The smallest absolute Gasteiger partial charge is 0.298 e. The van der Waals surface area contributed by atoms with Crippen LogP contribution in [0.4, 0.5) is 13.2 Å². The summed E-state index contributed by atoms with van der Waals surface area (Å²) in [6, 6.07) is 5.13. The van der Waals surface area contributed by atoms with Gasteiger partial charge in [0.05, 0.1) is 0 Å². The Morgan fingerprint density at radius 3 is 2.50 bits per heavy atom. The zero-order valence-corrected chi connectivity index (χ0v) is 7.95. The molecule has 0 amide bonds. The van der Waals surface area contributed by atoms with E-state index in [0.717, 1.165) is 5.56 Å². The van der Waals surface area contributed by atoms with Crippen LogP contribution in [-0.4, -0.2) is 6.18 Å². The summed E-state index contributed by atoms with van der Waals surface area (Å²) in [5.41, 5.74) is 1.10. The standard InChI is InChI=1S/C9H8F3N.ClH/c10-9(11,12)8-7-4-2-1-3-6(7)5-13-8;/h1-4,8,13H,5H2;1H. The van der Waals surface area contributed by atoms with E-state index in [4.69, 9.17) is 0 Å². The van der Waals surface area contributed by atoms with Crippen LogP contribution in [0, 0.1) is 0 Å². The molecule has 5 heteroatoms. The fourth-order valence-electron chi connectivity index (χ4n) is 1.59. The summed E-state index contributed by atoms with van der Waals surface area (Å²) in [6.45, 7) is 0.306. The van der Waals surface area contributed by atoms with E-state index in [1.165, 1.54) is 6.07 Å². The number of nitrogens with one attached hydrogen (secondary N) is 1. The lowest BCUT2D eigenvalue weighted by molar-refractivity contribution is -0.155. The average Bonchev–Trinajstić information content (AvgIpc) is 2.45. The topological polar surface area (TPSA) is 12.0 Å². The molecule has 1 unspecified atom stereocenters. The van der Waals surface area contributed by atoms with Crippen LogP contribution in [0.15, 0.2) is 24.3 Å². The summed E-state index contributed by atoms with van der Waals surface area (Å²) in [5, 5.41) is 2.44. The van der Waals surface area contributed by atoms with Gasteiger partial charge in [0.2, 0.25) is 0 Å². The molecule has 1 aliphatic rings. The molecule has 0 aromatic heterocycles. The van der Waals surface area contributed by atoms with E-state index in [1.807, 2.05) is 0 Å². The lowest BCUT2D eigenvalue weighted by Gasteiger charge is -2.15. The van der Waals surface area contributed by atoms with Gasteiger partial charge in [-0.15, -0.1) is 12.4 Å². The van der Waals surface area contributed by atoms with E-state index < -0.39 is 12.2 Å². The van der Waals surface area contributed by atoms with Crippen molar-refractivity contribution >= 4 is 12.4 Å². The molecule has 0 saturated heterocycles. The molecule has 1 heterocycles. The lowest BCUT2D eigenvalue weighted by Crippen LogP contribution is -2.28. The van der Waals surface area contributed by atoms with Crippen molar-refractivity contribution in [3.63, 3.8) is 0 Å². The monoisotopic (exact) mass is 223 g/mol. The quantitative estimate of drug-likeness (QED) is 0.713. The highest BCUT2D eigenvalue weighted by Crippen LogP contribution is 2.37. The Balaban J connectivity index is 0.000000980. The Hall–Kier alpha value is -0.740. The van der Waals surface area contributed by atoms with E-state index in [9.17, 15) is 13.2 Å². The van der Waals surface area contributed by atoms with Gasteiger partial charge in [-0.05, 0) is 11.1 Å². The van der Waals surface area contributed by atoms with E-state index in [-0.39, 0.29) is 12.4 Å². The summed E-state index contributed by atoms with van der Waals surface area (Å²) in [6.07, 6.45) is -4.19. The van der Waals surface area contributed by atoms with Gasteiger partial charge in [0.15, 0.2) is 0 Å². The van der Waals surface area contributed by atoms with Gasteiger partial charge in [0.25, 0.3) is 0 Å². The Morgan fingerprint density at radius 1 is 1.21 bits per heavy atom. The highest BCUT2D eigenvalue weighted by molar-refractivity contribution is 5.85. The fourth-order valence-corrected chi connectivity index (χ4v) is 1.59. The summed E-state index contributed by atoms with van der Waals surface area (Å²) < 4.78 is 37.1. The number of hydrogen-bond acceptors (Lipinski definition) is 1. The molecule has 1 N–H and O–H groups in total. The van der Waals surface area contributed by atoms with Crippen LogP contribution in [-0.2, 0) is 6.54 Å². The molecule has 2 rings (SSSR count). The Morgan fingerprint density at radius 2 is 1.86 bits per heavy atom. The molecular formula is C9H9ClF3N. The maximum Gasteiger partial charge on any atom is 0.407 e. The van der Waals surface area contributed by atoms with Crippen molar-refractivity contribution in [3.8, 4) is 0 Å². The third kappa shape index (κ3) is 1.86. The first-order chi connectivity index (χ1) is 6.09. The highest BCUT2D eigenvalue weighted by atomic mass is 35.5. The molecule has 1 aromatic rings. The Kier molecular flexibility index (Phi) is 3.07. The van der Waals surface area contributed by atoms with Gasteiger partial charge in [0, 0.05) is 6.54 Å². The van der Waals surface area contributed by atoms with Crippen molar-refractivity contribution in [2.45, 2.75) is 18.8 Å². The predicted octanol–water partition coefficient (Wildman–Crippen LogP) is 2.82. The number of alkyl halides is 3. The zero-order chi connectivity index (χ0) is 9.47. The molecule has 1 aliphatic heterocycles. The zero-order valence-electron chi connectivity index (χ0n) is 7.14. The van der Waals surface area contributed by atoms with Gasteiger partial charge >= 0.3 is 6.18 Å². The molecular weight excluding hydrogens is 215 g/mol. The van der Waals surface area contributed by atoms with Crippen LogP contribution < -0.4 is 5.32 Å². The van der Waals surface area contributed by atoms with E-state index >= 15 is 0 Å². The van der Waals surface area contributed by atoms with Gasteiger partial charge < -0.3 is 0 Å². The summed E-state index contributed by atoms with van der Waals surface area (Å²) in [4.78, 5) is 0. The molecule has 0 radical (unpaired) electrons. The fraction of sp³-hybridized carbons (Fsp3) is 0.333. The van der Waals surface area contributed by atoms with Crippen LogP contribution in [0.5, 0.6) is 0 Å². The molecule has 0 spiro atoms. The van der Waals surface area contributed by atoms with Crippen molar-refractivity contribution in [1.29, 1.82) is 0 Å². The normalized spacial score (nSPS) is 20.1. The minimum absolute atomic E-state index is 0. The second kappa shape index (κ2) is 3.79. The van der Waals surface area contributed by atoms with Gasteiger partial charge in [-0.25, -0.2) is 0 Å². The highest BCUT2D eigenvalue weighted by Gasteiger charge is 2.43. The predicted molar refractivity (Wildman–Crippen MR) is 49.3 cm³/mol. The first-order valence-electron chi connectivity index (χ1n) is 3.97. The van der Waals surface area contributed by atoms with Crippen LogP contribution in [0.2, 0.25) is 0 Å². The summed E-state index contributed by atoms with van der Waals surface area (Å²) in [5.74, 6) is 0. The minimum atomic E-state index is -4.19. The summed E-state index contributed by atoms with van der Waals surface area (Å²) >= 11 is 0. The Bertz CT molecular complexity index is 324. The molecule has 78 valence electrons. The maximum absolute atomic E-state index is 12.4. The van der Waals surface area contributed by atoms with Crippen LogP contribution in [0.1, 0.15) is 17.2 Å². The third-order valence-electron chi connectivity index (χ3n) is 2.19. The molecule has 14 heavy (non-hydrogen) atoms. The van der Waals surface area contributed by atoms with Crippen LogP contribution in [0.25, 0.3) is 0 Å². The van der Waals surface area contributed by atoms with Crippen molar-refractivity contribution in [2.24, 2.45) is 0 Å². The second-order valence-corrected chi connectivity index (χ2v) is 3.05. The molecule has 0 saturated carbocycles. The molecule has 0 fully saturated rings. The average molecular weight is 224 g/mol. The first kappa shape index (κ1) is 11.3. The third-order valence-corrected chi connectivity index (χ3v) is 2.19. The maximum atomic E-state index is 12.4. The van der Waals surface area contributed by atoms with Gasteiger partial charge in [0.1, 0.15) is 6.04 Å². The number of fused-ring (bicyclic) bond motifs is 1. The number of rotatable bonds is 0. The van der Waals surface area contributed by atoms with E-state index in [2.05, 4.69) is 5.32 Å². The van der Waals surface area contributed by atoms with E-state index in [1.54, 1.807) is 18.2 Å². The molecule has 0 aliphatic carbocycles. The van der Waals surface area contributed by atoms with Crippen molar-refractivity contribution in [1.82, 2.24) is 5.32 Å². The molecule has 1 atom stereocenters. The van der Waals surface area contributed by atoms with Crippen molar-refractivity contribution in [2.75, 3.05) is 0 Å². The number of benzene rings is 1. The van der Waals surface area contributed by atoms with Gasteiger partial charge in [-0.3, -0.25) is 5.32 Å². The SMILES string of the molecule is Cl.FC(F)(F)C1NCc2ccccc21. The minimum Gasteiger partial charge on any atom is -0.298 e. The van der Waals surface area contributed by atoms with Gasteiger partial charge in [-0.1, -0.05) is 24.3 Å². The number of halogens is 4. The molecule has 1 nitrogen and oxygen atoms in total.